The Morgan fingerprint density at radius 2 is 2.33 bits per heavy atom. The second kappa shape index (κ2) is 6.02. The number of aromatic nitrogens is 2. The van der Waals surface area contributed by atoms with Crippen molar-refractivity contribution in [2.45, 2.75) is 13.0 Å². The van der Waals surface area contributed by atoms with E-state index in [0.29, 0.717) is 24.6 Å². The standard InChI is InChI=1S/C12H15N3O3/c1-17-11-3-2-9(6-10(11)16)7-13-5-4-12-14-8-15-18-12/h2-3,6,8,13,16H,4-5,7H2,1H3. The van der Waals surface area contributed by atoms with Gasteiger partial charge in [-0.2, -0.15) is 4.98 Å². The molecule has 96 valence electrons. The molecule has 0 atom stereocenters. The Morgan fingerprint density at radius 1 is 1.44 bits per heavy atom. The minimum absolute atomic E-state index is 0.147. The Kier molecular flexibility index (Phi) is 4.14. The molecular formula is C12H15N3O3. The predicted molar refractivity (Wildman–Crippen MR) is 64.4 cm³/mol. The monoisotopic (exact) mass is 249 g/mol. The number of rotatable bonds is 6. The van der Waals surface area contributed by atoms with Crippen LogP contribution in [0.1, 0.15) is 11.5 Å². The van der Waals surface area contributed by atoms with Crippen LogP contribution in [-0.2, 0) is 13.0 Å². The Balaban J connectivity index is 1.78. The van der Waals surface area contributed by atoms with Gasteiger partial charge in [-0.05, 0) is 17.7 Å². The SMILES string of the molecule is COc1ccc(CNCCc2ncno2)cc1O. The number of benzene rings is 1. The summed E-state index contributed by atoms with van der Waals surface area (Å²) in [6.07, 6.45) is 2.07. The van der Waals surface area contributed by atoms with Crippen LogP contribution in [0.25, 0.3) is 0 Å². The number of hydrogen-bond acceptors (Lipinski definition) is 6. The zero-order chi connectivity index (χ0) is 12.8. The lowest BCUT2D eigenvalue weighted by molar-refractivity contribution is 0.372. The normalized spacial score (nSPS) is 10.5. The first kappa shape index (κ1) is 12.4. The third kappa shape index (κ3) is 3.21. The molecule has 0 amide bonds. The van der Waals surface area contributed by atoms with Gasteiger partial charge in [0, 0.05) is 19.5 Å². The molecule has 1 heterocycles. The Hall–Kier alpha value is -2.08. The minimum atomic E-state index is 0.147. The number of nitrogens with zero attached hydrogens (tertiary/aromatic N) is 2. The molecule has 0 radical (unpaired) electrons. The highest BCUT2D eigenvalue weighted by Gasteiger charge is 2.02. The van der Waals surface area contributed by atoms with Crippen LogP contribution < -0.4 is 10.1 Å². The van der Waals surface area contributed by atoms with Gasteiger partial charge in [0.25, 0.3) is 0 Å². The second-order valence-electron chi connectivity index (χ2n) is 3.77. The van der Waals surface area contributed by atoms with Crippen molar-refractivity contribution < 1.29 is 14.4 Å². The maximum absolute atomic E-state index is 9.61. The van der Waals surface area contributed by atoms with E-state index in [0.717, 1.165) is 12.1 Å². The van der Waals surface area contributed by atoms with E-state index < -0.39 is 0 Å². The summed E-state index contributed by atoms with van der Waals surface area (Å²) in [4.78, 5) is 3.92. The molecule has 0 bridgehead atoms. The van der Waals surface area contributed by atoms with Crippen molar-refractivity contribution in [2.75, 3.05) is 13.7 Å². The average Bonchev–Trinajstić information content (AvgIpc) is 2.88. The fourth-order valence-corrected chi connectivity index (χ4v) is 1.58. The van der Waals surface area contributed by atoms with Gasteiger partial charge in [0.05, 0.1) is 7.11 Å². The molecule has 2 rings (SSSR count). The maximum atomic E-state index is 9.61. The van der Waals surface area contributed by atoms with E-state index in [1.165, 1.54) is 13.4 Å². The number of nitrogens with one attached hydrogen (secondary N) is 1. The van der Waals surface area contributed by atoms with E-state index in [-0.39, 0.29) is 5.75 Å². The van der Waals surface area contributed by atoms with E-state index in [1.807, 2.05) is 6.07 Å². The summed E-state index contributed by atoms with van der Waals surface area (Å²) < 4.78 is 9.85. The van der Waals surface area contributed by atoms with Crippen LogP contribution in [0.5, 0.6) is 11.5 Å². The topological polar surface area (TPSA) is 80.4 Å². The summed E-state index contributed by atoms with van der Waals surface area (Å²) in [7, 11) is 1.53. The summed E-state index contributed by atoms with van der Waals surface area (Å²) >= 11 is 0. The third-order valence-electron chi connectivity index (χ3n) is 2.49. The summed E-state index contributed by atoms with van der Waals surface area (Å²) in [5, 5.41) is 16.4. The molecule has 2 aromatic rings. The summed E-state index contributed by atoms with van der Waals surface area (Å²) in [5.74, 6) is 1.23. The van der Waals surface area contributed by atoms with Gasteiger partial charge in [-0.1, -0.05) is 11.2 Å². The van der Waals surface area contributed by atoms with Crippen molar-refractivity contribution in [3.8, 4) is 11.5 Å². The van der Waals surface area contributed by atoms with Crippen LogP contribution in [-0.4, -0.2) is 28.9 Å². The van der Waals surface area contributed by atoms with E-state index in [9.17, 15) is 5.11 Å². The number of phenols is 1. The van der Waals surface area contributed by atoms with Crippen LogP contribution in [0.2, 0.25) is 0 Å². The summed E-state index contributed by atoms with van der Waals surface area (Å²) in [6.45, 7) is 1.39. The lowest BCUT2D eigenvalue weighted by Crippen LogP contribution is -2.16. The zero-order valence-corrected chi connectivity index (χ0v) is 10.1. The molecule has 0 fully saturated rings. The van der Waals surface area contributed by atoms with Crippen molar-refractivity contribution in [2.24, 2.45) is 0 Å². The first-order valence-corrected chi connectivity index (χ1v) is 5.61. The first-order chi connectivity index (χ1) is 8.79. The van der Waals surface area contributed by atoms with Gasteiger partial charge in [0.2, 0.25) is 5.89 Å². The highest BCUT2D eigenvalue weighted by atomic mass is 16.5. The summed E-state index contributed by atoms with van der Waals surface area (Å²) in [5.41, 5.74) is 0.985. The molecule has 0 unspecified atom stereocenters. The lowest BCUT2D eigenvalue weighted by Gasteiger charge is -2.07. The van der Waals surface area contributed by atoms with E-state index in [1.54, 1.807) is 12.1 Å². The molecule has 0 aliphatic heterocycles. The number of hydrogen-bond donors (Lipinski definition) is 2. The number of ether oxygens (including phenoxy) is 1. The van der Waals surface area contributed by atoms with Gasteiger partial charge in [-0.25, -0.2) is 0 Å². The van der Waals surface area contributed by atoms with Gasteiger partial charge < -0.3 is 19.7 Å². The average molecular weight is 249 g/mol. The molecule has 0 saturated heterocycles. The maximum Gasteiger partial charge on any atom is 0.227 e. The molecule has 1 aromatic carbocycles. The molecule has 6 nitrogen and oxygen atoms in total. The van der Waals surface area contributed by atoms with Crippen molar-refractivity contribution in [1.82, 2.24) is 15.5 Å². The minimum Gasteiger partial charge on any atom is -0.504 e. The summed E-state index contributed by atoms with van der Waals surface area (Å²) in [6, 6.07) is 5.32. The quantitative estimate of drug-likeness (QED) is 0.747. The zero-order valence-electron chi connectivity index (χ0n) is 10.1. The Bertz CT molecular complexity index is 485. The third-order valence-corrected chi connectivity index (χ3v) is 2.49. The fourth-order valence-electron chi connectivity index (χ4n) is 1.58. The number of phenolic OH excluding ortho intramolecular Hbond substituents is 1. The highest BCUT2D eigenvalue weighted by Crippen LogP contribution is 2.25. The van der Waals surface area contributed by atoms with E-state index in [2.05, 4.69) is 15.5 Å². The highest BCUT2D eigenvalue weighted by molar-refractivity contribution is 5.41. The van der Waals surface area contributed by atoms with Crippen LogP contribution in [0.15, 0.2) is 29.0 Å². The Labute approximate surface area is 105 Å². The number of aromatic hydroxyl groups is 1. The van der Waals surface area contributed by atoms with Gasteiger partial charge in [-0.3, -0.25) is 0 Å². The van der Waals surface area contributed by atoms with Crippen LogP contribution in [0.4, 0.5) is 0 Å². The fraction of sp³-hybridized carbons (Fsp3) is 0.333. The molecule has 0 aliphatic rings. The lowest BCUT2D eigenvalue weighted by atomic mass is 10.2. The molecule has 0 aliphatic carbocycles. The molecule has 0 saturated carbocycles. The predicted octanol–water partition coefficient (Wildman–Crippen LogP) is 1.12. The van der Waals surface area contributed by atoms with Crippen LogP contribution in [0, 0.1) is 0 Å². The molecule has 6 heteroatoms. The Morgan fingerprint density at radius 3 is 3.00 bits per heavy atom. The van der Waals surface area contributed by atoms with Gasteiger partial charge in [0.1, 0.15) is 0 Å². The second-order valence-corrected chi connectivity index (χ2v) is 3.77. The molecule has 0 spiro atoms. The molecular weight excluding hydrogens is 234 g/mol. The first-order valence-electron chi connectivity index (χ1n) is 5.61. The van der Waals surface area contributed by atoms with Crippen molar-refractivity contribution in [3.05, 3.63) is 36.0 Å². The number of methoxy groups -OCH3 is 1. The smallest absolute Gasteiger partial charge is 0.227 e. The molecule has 2 N–H and O–H groups in total. The van der Waals surface area contributed by atoms with Gasteiger partial charge in [0.15, 0.2) is 17.8 Å². The van der Waals surface area contributed by atoms with Crippen molar-refractivity contribution in [1.29, 1.82) is 0 Å². The molecule has 1 aromatic heterocycles. The van der Waals surface area contributed by atoms with Gasteiger partial charge >= 0.3 is 0 Å². The largest absolute Gasteiger partial charge is 0.504 e. The van der Waals surface area contributed by atoms with E-state index in [4.69, 9.17) is 9.26 Å². The van der Waals surface area contributed by atoms with Crippen LogP contribution >= 0.6 is 0 Å². The van der Waals surface area contributed by atoms with Crippen LogP contribution in [0.3, 0.4) is 0 Å². The molecule has 18 heavy (non-hydrogen) atoms. The van der Waals surface area contributed by atoms with E-state index >= 15 is 0 Å². The van der Waals surface area contributed by atoms with Gasteiger partial charge in [-0.15, -0.1) is 0 Å². The van der Waals surface area contributed by atoms with Crippen molar-refractivity contribution in [3.63, 3.8) is 0 Å². The van der Waals surface area contributed by atoms with Crippen molar-refractivity contribution >= 4 is 0 Å².